The number of ether oxygens (including phenoxy) is 2. The third-order valence-electron chi connectivity index (χ3n) is 7.86. The normalized spacial score (nSPS) is 41.0. The van der Waals surface area contributed by atoms with Crippen molar-refractivity contribution >= 4 is 11.6 Å². The fourth-order valence-corrected chi connectivity index (χ4v) is 6.39. The topological polar surface area (TPSA) is 100 Å². The van der Waals surface area contributed by atoms with Gasteiger partial charge in [0.15, 0.2) is 0 Å². The van der Waals surface area contributed by atoms with E-state index in [1.165, 1.54) is 12.2 Å². The van der Waals surface area contributed by atoms with Crippen LogP contribution in [0.25, 0.3) is 0 Å². The highest BCUT2D eigenvalue weighted by atomic mass is 16.7. The van der Waals surface area contributed by atoms with E-state index in [9.17, 15) is 15.0 Å². The molecule has 158 valence electrons. The molecule has 1 spiro atoms. The molecular formula is C21H28N2O6. The molecule has 4 bridgehead atoms. The van der Waals surface area contributed by atoms with Crippen molar-refractivity contribution in [3.63, 3.8) is 0 Å². The maximum Gasteiger partial charge on any atom is 0.264 e. The van der Waals surface area contributed by atoms with Gasteiger partial charge in [0.1, 0.15) is 11.2 Å². The molecule has 4 aliphatic heterocycles. The Morgan fingerprint density at radius 3 is 2.86 bits per heavy atom. The summed E-state index contributed by atoms with van der Waals surface area (Å²) < 4.78 is 11.6. The summed E-state index contributed by atoms with van der Waals surface area (Å²) in [6.45, 7) is 2.09. The molecule has 8 nitrogen and oxygen atoms in total. The highest BCUT2D eigenvalue weighted by Gasteiger charge is 2.68. The molecule has 1 amide bonds. The maximum absolute atomic E-state index is 13.7. The van der Waals surface area contributed by atoms with Crippen molar-refractivity contribution < 1.29 is 29.3 Å². The predicted molar refractivity (Wildman–Crippen MR) is 104 cm³/mol. The van der Waals surface area contributed by atoms with Crippen LogP contribution >= 0.6 is 0 Å². The molecule has 5 aliphatic rings. The highest BCUT2D eigenvalue weighted by molar-refractivity contribution is 6.07. The Bertz CT molecular complexity index is 846. The number of methoxy groups -OCH3 is 1. The van der Waals surface area contributed by atoms with Crippen LogP contribution in [0.4, 0.5) is 5.69 Å². The number of rotatable bonds is 4. The second-order valence-corrected chi connectivity index (χ2v) is 8.79. The van der Waals surface area contributed by atoms with Gasteiger partial charge in [0, 0.05) is 18.0 Å². The van der Waals surface area contributed by atoms with Crippen LogP contribution in [0.1, 0.15) is 25.3 Å². The first kappa shape index (κ1) is 19.3. The molecule has 1 aliphatic carbocycles. The van der Waals surface area contributed by atoms with E-state index < -0.39 is 17.1 Å². The van der Waals surface area contributed by atoms with Gasteiger partial charge >= 0.3 is 0 Å². The molecular weight excluding hydrogens is 376 g/mol. The number of amides is 1. The summed E-state index contributed by atoms with van der Waals surface area (Å²) in [6.07, 6.45) is 0.0733. The van der Waals surface area contributed by atoms with Crippen LogP contribution in [0.2, 0.25) is 0 Å². The quantitative estimate of drug-likeness (QED) is 0.666. The third kappa shape index (κ3) is 2.24. The summed E-state index contributed by atoms with van der Waals surface area (Å²) in [7, 11) is 3.08. The summed E-state index contributed by atoms with van der Waals surface area (Å²) in [5.41, 5.74) is -0.0499. The van der Waals surface area contributed by atoms with Crippen LogP contribution in [-0.4, -0.2) is 67.3 Å². The van der Waals surface area contributed by atoms with E-state index in [1.807, 2.05) is 18.2 Å². The number of benzene rings is 1. The Labute approximate surface area is 169 Å². The van der Waals surface area contributed by atoms with Crippen molar-refractivity contribution in [1.82, 2.24) is 5.32 Å². The fourth-order valence-electron chi connectivity index (χ4n) is 6.39. The SMILES string of the molecule is COc1ccc2c(c1)N(OC)C(=O)[C@@]21C[C@@H]2N[C@](CO)([C@@H](C)O)[C@@H]3C[C@H]1OC[C@H]23. The van der Waals surface area contributed by atoms with Gasteiger partial charge in [0.2, 0.25) is 0 Å². The Morgan fingerprint density at radius 1 is 1.41 bits per heavy atom. The molecule has 8 heteroatoms. The Morgan fingerprint density at radius 2 is 2.21 bits per heavy atom. The molecule has 1 saturated carbocycles. The standard InChI is InChI=1S/C21H28N2O6/c1-11(25)21(10-24)15-7-18-20(8-16(22-21)13(15)9-29-18)14-5-4-12(27-2)6-17(14)23(28-3)19(20)26/h4-6,11,13,15-16,18,22,24-25H,7-10H2,1-3H3/t11-,13+,15-,16+,18-,20+,21-/m1/s1. The molecule has 1 aromatic rings. The average Bonchev–Trinajstić information content (AvgIpc) is 3.05. The lowest BCUT2D eigenvalue weighted by Crippen LogP contribution is -2.62. The second-order valence-electron chi connectivity index (χ2n) is 8.79. The molecule has 3 saturated heterocycles. The number of fused-ring (bicyclic) bond motifs is 2. The minimum atomic E-state index is -0.862. The van der Waals surface area contributed by atoms with E-state index in [0.717, 1.165) is 5.56 Å². The largest absolute Gasteiger partial charge is 0.497 e. The van der Waals surface area contributed by atoms with Gasteiger partial charge in [0.25, 0.3) is 5.91 Å². The number of hydrogen-bond donors (Lipinski definition) is 3. The number of hydroxylamine groups is 1. The number of nitrogens with one attached hydrogen (secondary N) is 1. The van der Waals surface area contributed by atoms with Gasteiger partial charge in [-0.15, -0.1) is 0 Å². The van der Waals surface area contributed by atoms with Crippen molar-refractivity contribution in [2.45, 2.75) is 49.0 Å². The van der Waals surface area contributed by atoms with Gasteiger partial charge < -0.3 is 25.0 Å². The van der Waals surface area contributed by atoms with Crippen LogP contribution in [0.5, 0.6) is 5.75 Å². The Hall–Kier alpha value is -1.71. The summed E-state index contributed by atoms with van der Waals surface area (Å²) in [6, 6.07) is 5.57. The fraction of sp³-hybridized carbons (Fsp3) is 0.667. The lowest BCUT2D eigenvalue weighted by Gasteiger charge is -2.46. The van der Waals surface area contributed by atoms with E-state index in [1.54, 1.807) is 14.0 Å². The number of carbonyl (C=O) groups is 1. The Kier molecular flexibility index (Phi) is 4.25. The van der Waals surface area contributed by atoms with E-state index >= 15 is 0 Å². The first-order chi connectivity index (χ1) is 13.9. The smallest absolute Gasteiger partial charge is 0.264 e. The molecule has 0 radical (unpaired) electrons. The summed E-state index contributed by atoms with van der Waals surface area (Å²) in [5, 5.41) is 25.6. The van der Waals surface area contributed by atoms with Crippen LogP contribution < -0.4 is 15.1 Å². The van der Waals surface area contributed by atoms with E-state index in [2.05, 4.69) is 5.32 Å². The molecule has 29 heavy (non-hydrogen) atoms. The van der Waals surface area contributed by atoms with Gasteiger partial charge in [-0.1, -0.05) is 6.07 Å². The molecule has 4 fully saturated rings. The molecule has 6 rings (SSSR count). The molecule has 0 aromatic heterocycles. The number of hydrogen-bond acceptors (Lipinski definition) is 7. The first-order valence-corrected chi connectivity index (χ1v) is 10.2. The molecule has 4 heterocycles. The summed E-state index contributed by atoms with van der Waals surface area (Å²) >= 11 is 0. The van der Waals surface area contributed by atoms with Gasteiger partial charge in [-0.2, -0.15) is 5.06 Å². The van der Waals surface area contributed by atoms with Crippen molar-refractivity contribution in [1.29, 1.82) is 0 Å². The van der Waals surface area contributed by atoms with Gasteiger partial charge in [-0.25, -0.2) is 0 Å². The van der Waals surface area contributed by atoms with Crippen molar-refractivity contribution in [3.8, 4) is 5.75 Å². The number of carbonyl (C=O) groups excluding carboxylic acids is 1. The lowest BCUT2D eigenvalue weighted by molar-refractivity contribution is -0.141. The number of nitrogens with zero attached hydrogens (tertiary/aromatic N) is 1. The lowest BCUT2D eigenvalue weighted by atomic mass is 9.68. The highest BCUT2D eigenvalue weighted by Crippen LogP contribution is 2.58. The monoisotopic (exact) mass is 404 g/mol. The van der Waals surface area contributed by atoms with Crippen LogP contribution in [0.15, 0.2) is 18.2 Å². The number of aliphatic hydroxyl groups excluding tert-OH is 2. The van der Waals surface area contributed by atoms with E-state index in [-0.39, 0.29) is 36.5 Å². The van der Waals surface area contributed by atoms with Crippen LogP contribution in [-0.2, 0) is 19.8 Å². The average molecular weight is 404 g/mol. The Balaban J connectivity index is 1.63. The molecule has 0 unspecified atom stereocenters. The minimum Gasteiger partial charge on any atom is -0.497 e. The van der Waals surface area contributed by atoms with Crippen LogP contribution in [0.3, 0.4) is 0 Å². The van der Waals surface area contributed by atoms with Crippen molar-refractivity contribution in [2.24, 2.45) is 11.8 Å². The third-order valence-corrected chi connectivity index (χ3v) is 7.86. The van der Waals surface area contributed by atoms with Crippen LogP contribution in [0, 0.1) is 11.8 Å². The number of aliphatic hydroxyl groups is 2. The summed E-state index contributed by atoms with van der Waals surface area (Å²) in [5.74, 6) is 0.692. The molecule has 1 aromatic carbocycles. The maximum atomic E-state index is 13.7. The van der Waals surface area contributed by atoms with Gasteiger partial charge in [-0.3, -0.25) is 9.63 Å². The molecule has 7 atom stereocenters. The number of anilines is 1. The van der Waals surface area contributed by atoms with E-state index in [4.69, 9.17) is 14.3 Å². The molecule has 3 N–H and O–H groups in total. The van der Waals surface area contributed by atoms with Gasteiger partial charge in [0.05, 0.1) is 50.9 Å². The second kappa shape index (κ2) is 6.39. The van der Waals surface area contributed by atoms with Crippen molar-refractivity contribution in [3.05, 3.63) is 23.8 Å². The first-order valence-electron chi connectivity index (χ1n) is 10.2. The zero-order valence-corrected chi connectivity index (χ0v) is 16.9. The summed E-state index contributed by atoms with van der Waals surface area (Å²) in [4.78, 5) is 19.2. The zero-order valence-electron chi connectivity index (χ0n) is 16.9. The van der Waals surface area contributed by atoms with Gasteiger partial charge in [-0.05, 0) is 37.3 Å². The minimum absolute atomic E-state index is 0.0294. The van der Waals surface area contributed by atoms with E-state index in [0.29, 0.717) is 30.9 Å². The van der Waals surface area contributed by atoms with Crippen molar-refractivity contribution in [2.75, 3.05) is 32.5 Å². The zero-order chi connectivity index (χ0) is 20.6. The predicted octanol–water partition coefficient (Wildman–Crippen LogP) is 0.350.